The first-order valence-electron chi connectivity index (χ1n) is 4.84. The van der Waals surface area contributed by atoms with Crippen LogP contribution >= 0.6 is 0 Å². The molecular formula is C12H11FN2O. The van der Waals surface area contributed by atoms with Crippen LogP contribution in [0.4, 0.5) is 10.1 Å². The van der Waals surface area contributed by atoms with Gasteiger partial charge in [0, 0.05) is 6.20 Å². The maximum atomic E-state index is 13.3. The predicted molar refractivity (Wildman–Crippen MR) is 59.4 cm³/mol. The van der Waals surface area contributed by atoms with Crippen molar-refractivity contribution in [1.29, 1.82) is 0 Å². The molecule has 3 nitrogen and oxygen atoms in total. The number of nitrogen functional groups attached to an aromatic ring is 1. The first-order valence-corrected chi connectivity index (χ1v) is 4.84. The van der Waals surface area contributed by atoms with Crippen LogP contribution in [0.5, 0.6) is 5.75 Å². The molecule has 0 aliphatic heterocycles. The van der Waals surface area contributed by atoms with Crippen LogP contribution in [0.1, 0.15) is 5.69 Å². The lowest BCUT2D eigenvalue weighted by molar-refractivity contribution is 0.288. The fourth-order valence-corrected chi connectivity index (χ4v) is 1.31. The van der Waals surface area contributed by atoms with Gasteiger partial charge < -0.3 is 10.5 Å². The molecule has 0 aliphatic carbocycles. The highest BCUT2D eigenvalue weighted by Gasteiger charge is 2.07. The predicted octanol–water partition coefficient (Wildman–Crippen LogP) is 2.38. The first kappa shape index (κ1) is 10.4. The normalized spacial score (nSPS) is 10.1. The molecule has 0 bridgehead atoms. The molecule has 2 N–H and O–H groups in total. The molecule has 2 aromatic rings. The number of hydrogen-bond acceptors (Lipinski definition) is 3. The van der Waals surface area contributed by atoms with Crippen molar-refractivity contribution in [2.45, 2.75) is 6.61 Å². The number of rotatable bonds is 3. The van der Waals surface area contributed by atoms with Gasteiger partial charge in [0.25, 0.3) is 0 Å². The molecule has 0 fully saturated rings. The summed E-state index contributed by atoms with van der Waals surface area (Å²) in [6.45, 7) is 0.200. The number of ether oxygens (including phenoxy) is 1. The third kappa shape index (κ3) is 2.28. The number of halogens is 1. The molecule has 1 heterocycles. The highest BCUT2D eigenvalue weighted by Crippen LogP contribution is 2.25. The van der Waals surface area contributed by atoms with E-state index >= 15 is 0 Å². The molecule has 1 aromatic heterocycles. The molecule has 0 radical (unpaired) electrons. The summed E-state index contributed by atoms with van der Waals surface area (Å²) in [5.41, 5.74) is 6.62. The highest BCUT2D eigenvalue weighted by atomic mass is 19.1. The molecule has 16 heavy (non-hydrogen) atoms. The van der Waals surface area contributed by atoms with Gasteiger partial charge in [0.2, 0.25) is 0 Å². The van der Waals surface area contributed by atoms with E-state index in [2.05, 4.69) is 4.98 Å². The number of para-hydroxylation sites is 1. The molecule has 0 saturated heterocycles. The van der Waals surface area contributed by atoms with Crippen molar-refractivity contribution in [2.75, 3.05) is 5.73 Å². The van der Waals surface area contributed by atoms with Gasteiger partial charge in [0.1, 0.15) is 6.61 Å². The molecular weight excluding hydrogens is 207 g/mol. The minimum absolute atomic E-state index is 0.0770. The van der Waals surface area contributed by atoms with Crippen LogP contribution in [0.15, 0.2) is 42.6 Å². The van der Waals surface area contributed by atoms with Gasteiger partial charge in [-0.3, -0.25) is 4.98 Å². The van der Waals surface area contributed by atoms with E-state index in [0.29, 0.717) is 0 Å². The summed E-state index contributed by atoms with van der Waals surface area (Å²) < 4.78 is 18.6. The highest BCUT2D eigenvalue weighted by molar-refractivity contribution is 5.52. The lowest BCUT2D eigenvalue weighted by atomic mass is 10.3. The fraction of sp³-hybridized carbons (Fsp3) is 0.0833. The zero-order valence-corrected chi connectivity index (χ0v) is 8.56. The van der Waals surface area contributed by atoms with Crippen LogP contribution < -0.4 is 10.5 Å². The van der Waals surface area contributed by atoms with Crippen LogP contribution in [0, 0.1) is 5.82 Å². The molecule has 0 unspecified atom stereocenters. The second-order valence-electron chi connectivity index (χ2n) is 3.27. The van der Waals surface area contributed by atoms with E-state index in [9.17, 15) is 4.39 Å². The van der Waals surface area contributed by atoms with Gasteiger partial charge in [0.15, 0.2) is 11.6 Å². The minimum atomic E-state index is -0.462. The molecule has 4 heteroatoms. The van der Waals surface area contributed by atoms with Gasteiger partial charge in [-0.2, -0.15) is 0 Å². The topological polar surface area (TPSA) is 48.1 Å². The smallest absolute Gasteiger partial charge is 0.178 e. The van der Waals surface area contributed by atoms with E-state index in [1.54, 1.807) is 24.4 Å². The Hall–Kier alpha value is -2.10. The lowest BCUT2D eigenvalue weighted by Gasteiger charge is -2.08. The van der Waals surface area contributed by atoms with Gasteiger partial charge in [-0.1, -0.05) is 12.1 Å². The fourth-order valence-electron chi connectivity index (χ4n) is 1.31. The van der Waals surface area contributed by atoms with E-state index in [4.69, 9.17) is 10.5 Å². The second-order valence-corrected chi connectivity index (χ2v) is 3.27. The summed E-state index contributed by atoms with van der Waals surface area (Å²) in [7, 11) is 0. The number of nitrogens with zero attached hydrogens (tertiary/aromatic N) is 1. The molecule has 0 amide bonds. The molecule has 0 saturated carbocycles. The van der Waals surface area contributed by atoms with Crippen LogP contribution in [0.25, 0.3) is 0 Å². The van der Waals surface area contributed by atoms with Crippen molar-refractivity contribution in [3.05, 3.63) is 54.1 Å². The van der Waals surface area contributed by atoms with Crippen molar-refractivity contribution < 1.29 is 9.13 Å². The Morgan fingerprint density at radius 3 is 2.75 bits per heavy atom. The Balaban J connectivity index is 2.11. The van der Waals surface area contributed by atoms with Gasteiger partial charge >= 0.3 is 0 Å². The van der Waals surface area contributed by atoms with Crippen LogP contribution in [0.2, 0.25) is 0 Å². The van der Waals surface area contributed by atoms with Gasteiger partial charge in [0.05, 0.1) is 11.4 Å². The van der Waals surface area contributed by atoms with Crippen molar-refractivity contribution >= 4 is 5.69 Å². The summed E-state index contributed by atoms with van der Waals surface area (Å²) in [6.07, 6.45) is 1.66. The maximum absolute atomic E-state index is 13.3. The Morgan fingerprint density at radius 1 is 1.19 bits per heavy atom. The quantitative estimate of drug-likeness (QED) is 0.804. The van der Waals surface area contributed by atoms with E-state index in [1.807, 2.05) is 6.07 Å². The van der Waals surface area contributed by atoms with Crippen LogP contribution in [0.3, 0.4) is 0 Å². The monoisotopic (exact) mass is 218 g/mol. The van der Waals surface area contributed by atoms with E-state index in [1.165, 1.54) is 12.1 Å². The summed E-state index contributed by atoms with van der Waals surface area (Å²) >= 11 is 0. The standard InChI is InChI=1S/C12H11FN2O/c13-10-5-3-6-11(14)12(10)16-8-9-4-1-2-7-15-9/h1-7H,8,14H2. The van der Waals surface area contributed by atoms with Gasteiger partial charge in [-0.15, -0.1) is 0 Å². The summed E-state index contributed by atoms with van der Waals surface area (Å²) in [4.78, 5) is 4.06. The number of benzene rings is 1. The Bertz CT molecular complexity index is 453. The molecule has 0 aliphatic rings. The Labute approximate surface area is 92.7 Å². The third-order valence-corrected chi connectivity index (χ3v) is 2.09. The average molecular weight is 218 g/mol. The maximum Gasteiger partial charge on any atom is 0.178 e. The minimum Gasteiger partial charge on any atom is -0.482 e. The molecule has 1 aromatic carbocycles. The van der Waals surface area contributed by atoms with Gasteiger partial charge in [-0.05, 0) is 24.3 Å². The first-order chi connectivity index (χ1) is 7.77. The zero-order valence-electron chi connectivity index (χ0n) is 8.56. The average Bonchev–Trinajstić information content (AvgIpc) is 2.30. The molecule has 0 atom stereocenters. The number of hydrogen-bond donors (Lipinski definition) is 1. The number of nitrogens with two attached hydrogens (primary N) is 1. The largest absolute Gasteiger partial charge is 0.482 e. The van der Waals surface area contributed by atoms with Crippen LogP contribution in [-0.2, 0) is 6.61 Å². The summed E-state index contributed by atoms with van der Waals surface area (Å²) in [6, 6.07) is 9.90. The third-order valence-electron chi connectivity index (χ3n) is 2.09. The number of aromatic nitrogens is 1. The van der Waals surface area contributed by atoms with Crippen molar-refractivity contribution in [2.24, 2.45) is 0 Å². The summed E-state index contributed by atoms with van der Waals surface area (Å²) in [5, 5.41) is 0. The van der Waals surface area contributed by atoms with Crippen molar-refractivity contribution in [1.82, 2.24) is 4.98 Å². The van der Waals surface area contributed by atoms with E-state index < -0.39 is 5.82 Å². The van der Waals surface area contributed by atoms with Crippen molar-refractivity contribution in [3.63, 3.8) is 0 Å². The number of pyridine rings is 1. The molecule has 0 spiro atoms. The second kappa shape index (κ2) is 4.61. The summed E-state index contributed by atoms with van der Waals surface area (Å²) in [5.74, 6) is -0.385. The zero-order chi connectivity index (χ0) is 11.4. The van der Waals surface area contributed by atoms with Crippen LogP contribution in [-0.4, -0.2) is 4.98 Å². The number of anilines is 1. The van der Waals surface area contributed by atoms with E-state index in [0.717, 1.165) is 5.69 Å². The van der Waals surface area contributed by atoms with Gasteiger partial charge in [-0.25, -0.2) is 4.39 Å². The Kier molecular flexibility index (Phi) is 3.00. The van der Waals surface area contributed by atoms with E-state index in [-0.39, 0.29) is 18.0 Å². The Morgan fingerprint density at radius 2 is 2.06 bits per heavy atom. The lowest BCUT2D eigenvalue weighted by Crippen LogP contribution is -2.02. The SMILES string of the molecule is Nc1cccc(F)c1OCc1ccccn1. The molecule has 82 valence electrons. The van der Waals surface area contributed by atoms with Crippen molar-refractivity contribution in [3.8, 4) is 5.75 Å². The molecule has 2 rings (SSSR count).